The Hall–Kier alpha value is -1.79. The van der Waals surface area contributed by atoms with E-state index in [1.807, 2.05) is 42.7 Å². The average Bonchev–Trinajstić information content (AvgIpc) is 2.87. The van der Waals surface area contributed by atoms with Crippen LogP contribution in [0.4, 0.5) is 0 Å². The first kappa shape index (κ1) is 17.6. The summed E-state index contributed by atoms with van der Waals surface area (Å²) < 4.78 is 1.92. The molecular weight excluding hydrogens is 332 g/mol. The summed E-state index contributed by atoms with van der Waals surface area (Å²) in [5.74, 6) is 1.04. The van der Waals surface area contributed by atoms with E-state index in [0.717, 1.165) is 16.5 Å². The molecule has 1 N–H and O–H groups in total. The number of rotatable bonds is 7. The number of aromatic nitrogens is 3. The summed E-state index contributed by atoms with van der Waals surface area (Å²) in [6.45, 7) is 8.17. The lowest BCUT2D eigenvalue weighted by Crippen LogP contribution is -2.28. The van der Waals surface area contributed by atoms with Crippen LogP contribution >= 0.6 is 23.4 Å². The van der Waals surface area contributed by atoms with Crippen molar-refractivity contribution in [2.24, 2.45) is 0 Å². The van der Waals surface area contributed by atoms with Crippen LogP contribution in [0, 0.1) is 6.92 Å². The van der Waals surface area contributed by atoms with E-state index in [1.165, 1.54) is 11.8 Å². The molecule has 0 aliphatic heterocycles. The number of carbonyl (C=O) groups is 1. The number of nitrogens with zero attached hydrogens (tertiary/aromatic N) is 3. The molecule has 1 aromatic carbocycles. The lowest BCUT2D eigenvalue weighted by atomic mass is 10.1. The molecule has 0 aliphatic carbocycles. The maximum absolute atomic E-state index is 12.1. The SMILES string of the molecule is C=CCn1c(C)nnc1SCC(=O)NC(C)c1ccc(Cl)cc1. The van der Waals surface area contributed by atoms with Gasteiger partial charge in [-0.15, -0.1) is 16.8 Å². The standard InChI is InChI=1S/C16H19ClN4OS/c1-4-9-21-12(3)19-20-16(21)23-10-15(22)18-11(2)13-5-7-14(17)8-6-13/h4-8,11H,1,9-10H2,2-3H3,(H,18,22). The molecule has 122 valence electrons. The van der Waals surface area contributed by atoms with Gasteiger partial charge in [-0.2, -0.15) is 0 Å². The molecule has 1 unspecified atom stereocenters. The number of carbonyl (C=O) groups excluding carboxylic acids is 1. The highest BCUT2D eigenvalue weighted by Crippen LogP contribution is 2.19. The van der Waals surface area contributed by atoms with Gasteiger partial charge < -0.3 is 9.88 Å². The van der Waals surface area contributed by atoms with Crippen molar-refractivity contribution in [2.45, 2.75) is 31.6 Å². The molecule has 0 saturated heterocycles. The number of thioether (sulfide) groups is 1. The van der Waals surface area contributed by atoms with Crippen molar-refractivity contribution in [3.63, 3.8) is 0 Å². The van der Waals surface area contributed by atoms with Crippen molar-refractivity contribution in [3.05, 3.63) is 53.3 Å². The summed E-state index contributed by atoms with van der Waals surface area (Å²) in [4.78, 5) is 12.1. The molecule has 1 heterocycles. The van der Waals surface area contributed by atoms with Crippen molar-refractivity contribution in [2.75, 3.05) is 5.75 Å². The molecule has 0 radical (unpaired) electrons. The summed E-state index contributed by atoms with van der Waals surface area (Å²) in [5.41, 5.74) is 1.01. The molecule has 0 spiro atoms. The van der Waals surface area contributed by atoms with E-state index in [1.54, 1.807) is 6.08 Å². The molecule has 0 aliphatic rings. The van der Waals surface area contributed by atoms with Crippen LogP contribution in [0.25, 0.3) is 0 Å². The smallest absolute Gasteiger partial charge is 0.230 e. The van der Waals surface area contributed by atoms with Gasteiger partial charge in [-0.05, 0) is 31.5 Å². The van der Waals surface area contributed by atoms with Gasteiger partial charge in [-0.3, -0.25) is 4.79 Å². The van der Waals surface area contributed by atoms with E-state index in [0.29, 0.717) is 11.6 Å². The molecule has 23 heavy (non-hydrogen) atoms. The second-order valence-corrected chi connectivity index (χ2v) is 6.44. The van der Waals surface area contributed by atoms with Gasteiger partial charge in [0.2, 0.25) is 5.91 Å². The zero-order valence-electron chi connectivity index (χ0n) is 13.1. The minimum atomic E-state index is -0.0758. The van der Waals surface area contributed by atoms with Crippen molar-refractivity contribution in [1.82, 2.24) is 20.1 Å². The normalized spacial score (nSPS) is 12.0. The highest BCUT2D eigenvalue weighted by Gasteiger charge is 2.13. The van der Waals surface area contributed by atoms with Crippen LogP contribution < -0.4 is 5.32 Å². The second kappa shape index (κ2) is 8.17. The van der Waals surface area contributed by atoms with Crippen LogP contribution in [0.2, 0.25) is 5.02 Å². The number of benzene rings is 1. The Morgan fingerprint density at radius 1 is 1.43 bits per heavy atom. The minimum absolute atomic E-state index is 0.0525. The van der Waals surface area contributed by atoms with Crippen LogP contribution in [0.5, 0.6) is 0 Å². The summed E-state index contributed by atoms with van der Waals surface area (Å²) in [5, 5.41) is 12.5. The van der Waals surface area contributed by atoms with Crippen molar-refractivity contribution < 1.29 is 4.79 Å². The third-order valence-electron chi connectivity index (χ3n) is 3.29. The van der Waals surface area contributed by atoms with Gasteiger partial charge >= 0.3 is 0 Å². The van der Waals surface area contributed by atoms with E-state index >= 15 is 0 Å². The van der Waals surface area contributed by atoms with Gasteiger partial charge in [0.05, 0.1) is 11.8 Å². The molecule has 0 saturated carbocycles. The number of nitrogens with one attached hydrogen (secondary N) is 1. The average molecular weight is 351 g/mol. The fraction of sp³-hybridized carbons (Fsp3) is 0.312. The fourth-order valence-electron chi connectivity index (χ4n) is 2.06. The molecule has 2 rings (SSSR count). The van der Waals surface area contributed by atoms with Gasteiger partial charge in [-0.25, -0.2) is 0 Å². The highest BCUT2D eigenvalue weighted by molar-refractivity contribution is 7.99. The van der Waals surface area contributed by atoms with Gasteiger partial charge in [0.1, 0.15) is 5.82 Å². The Morgan fingerprint density at radius 2 is 2.13 bits per heavy atom. The largest absolute Gasteiger partial charge is 0.349 e. The molecule has 2 aromatic rings. The molecule has 7 heteroatoms. The topological polar surface area (TPSA) is 59.8 Å². The Bertz CT molecular complexity index is 684. The first-order chi connectivity index (χ1) is 11.0. The van der Waals surface area contributed by atoms with E-state index in [9.17, 15) is 4.79 Å². The van der Waals surface area contributed by atoms with Crippen molar-refractivity contribution in [3.8, 4) is 0 Å². The summed E-state index contributed by atoms with van der Waals surface area (Å²) in [7, 11) is 0. The quantitative estimate of drug-likeness (QED) is 0.614. The third kappa shape index (κ3) is 4.84. The first-order valence-electron chi connectivity index (χ1n) is 7.19. The van der Waals surface area contributed by atoms with Crippen LogP contribution in [-0.4, -0.2) is 26.4 Å². The number of amides is 1. The molecule has 1 aromatic heterocycles. The molecule has 5 nitrogen and oxygen atoms in total. The van der Waals surface area contributed by atoms with E-state index in [2.05, 4.69) is 22.1 Å². The maximum Gasteiger partial charge on any atom is 0.230 e. The Kier molecular flexibility index (Phi) is 6.24. The van der Waals surface area contributed by atoms with E-state index in [4.69, 9.17) is 11.6 Å². The second-order valence-electron chi connectivity index (χ2n) is 5.06. The summed E-state index contributed by atoms with van der Waals surface area (Å²) >= 11 is 7.23. The van der Waals surface area contributed by atoms with Gasteiger partial charge in [0, 0.05) is 11.6 Å². The van der Waals surface area contributed by atoms with Crippen LogP contribution in [-0.2, 0) is 11.3 Å². The molecule has 0 fully saturated rings. The maximum atomic E-state index is 12.1. The minimum Gasteiger partial charge on any atom is -0.349 e. The lowest BCUT2D eigenvalue weighted by Gasteiger charge is -2.14. The van der Waals surface area contributed by atoms with E-state index in [-0.39, 0.29) is 17.7 Å². The number of allylic oxidation sites excluding steroid dienone is 1. The van der Waals surface area contributed by atoms with Crippen LogP contribution in [0.3, 0.4) is 0 Å². The molecular formula is C16H19ClN4OS. The Balaban J connectivity index is 1.90. The van der Waals surface area contributed by atoms with Crippen LogP contribution in [0.1, 0.15) is 24.4 Å². The number of hydrogen-bond donors (Lipinski definition) is 1. The number of halogens is 1. The van der Waals surface area contributed by atoms with Gasteiger partial charge in [0.15, 0.2) is 5.16 Å². The summed E-state index contributed by atoms with van der Waals surface area (Å²) in [6, 6.07) is 7.37. The van der Waals surface area contributed by atoms with E-state index < -0.39 is 0 Å². The Morgan fingerprint density at radius 3 is 2.78 bits per heavy atom. The highest BCUT2D eigenvalue weighted by atomic mass is 35.5. The molecule has 1 atom stereocenters. The predicted octanol–water partition coefficient (Wildman–Crippen LogP) is 3.40. The molecule has 1 amide bonds. The van der Waals surface area contributed by atoms with Crippen molar-refractivity contribution in [1.29, 1.82) is 0 Å². The van der Waals surface area contributed by atoms with Crippen molar-refractivity contribution >= 4 is 29.3 Å². The van der Waals surface area contributed by atoms with Crippen LogP contribution in [0.15, 0.2) is 42.1 Å². The lowest BCUT2D eigenvalue weighted by molar-refractivity contribution is -0.119. The number of hydrogen-bond acceptors (Lipinski definition) is 4. The third-order valence-corrected chi connectivity index (χ3v) is 4.51. The number of aryl methyl sites for hydroxylation is 1. The summed E-state index contributed by atoms with van der Waals surface area (Å²) in [6.07, 6.45) is 1.78. The van der Waals surface area contributed by atoms with Gasteiger partial charge in [0.25, 0.3) is 0 Å². The molecule has 0 bridgehead atoms. The monoisotopic (exact) mass is 350 g/mol. The fourth-order valence-corrected chi connectivity index (χ4v) is 2.99. The zero-order chi connectivity index (χ0) is 16.8. The van der Waals surface area contributed by atoms with Gasteiger partial charge in [-0.1, -0.05) is 41.6 Å². The zero-order valence-corrected chi connectivity index (χ0v) is 14.7. The first-order valence-corrected chi connectivity index (χ1v) is 8.56. The predicted molar refractivity (Wildman–Crippen MR) is 93.7 cm³/mol. The Labute approximate surface area is 145 Å².